The molecule has 2 fully saturated rings. The van der Waals surface area contributed by atoms with Crippen LogP contribution in [-0.2, 0) is 15.7 Å². The molecule has 108 valence electrons. The third kappa shape index (κ3) is 2.49. The summed E-state index contributed by atoms with van der Waals surface area (Å²) in [6.45, 7) is 8.24. The van der Waals surface area contributed by atoms with Crippen LogP contribution in [0.2, 0.25) is 5.02 Å². The largest absolute Gasteiger partial charge is 0.496 e. The van der Waals surface area contributed by atoms with Crippen molar-refractivity contribution in [2.45, 2.75) is 58.2 Å². The molecule has 1 saturated carbocycles. The van der Waals surface area contributed by atoms with E-state index in [2.05, 4.69) is 32.7 Å². The monoisotopic (exact) mass is 293 g/mol. The molecular formula is C15H21BClNO2. The zero-order valence-electron chi connectivity index (χ0n) is 12.6. The van der Waals surface area contributed by atoms with Gasteiger partial charge in [-0.1, -0.05) is 11.6 Å². The Kier molecular flexibility index (Phi) is 3.39. The van der Waals surface area contributed by atoms with E-state index in [1.807, 2.05) is 6.20 Å². The first kappa shape index (κ1) is 14.4. The van der Waals surface area contributed by atoms with Gasteiger partial charge in [0.2, 0.25) is 0 Å². The van der Waals surface area contributed by atoms with Gasteiger partial charge < -0.3 is 9.31 Å². The van der Waals surface area contributed by atoms with Gasteiger partial charge in [-0.3, -0.25) is 4.98 Å². The minimum atomic E-state index is -0.375. The minimum Gasteiger partial charge on any atom is -0.399 e. The van der Waals surface area contributed by atoms with E-state index in [-0.39, 0.29) is 18.3 Å². The van der Waals surface area contributed by atoms with Crippen molar-refractivity contribution in [3.63, 3.8) is 0 Å². The van der Waals surface area contributed by atoms with E-state index in [0.717, 1.165) is 28.4 Å². The summed E-state index contributed by atoms with van der Waals surface area (Å²) in [5, 5.41) is 0.726. The van der Waals surface area contributed by atoms with Gasteiger partial charge >= 0.3 is 7.12 Å². The maximum absolute atomic E-state index is 6.35. The second kappa shape index (κ2) is 4.72. The molecule has 0 spiro atoms. The van der Waals surface area contributed by atoms with E-state index in [9.17, 15) is 0 Å². The quantitative estimate of drug-likeness (QED) is 0.803. The molecule has 1 saturated heterocycles. The number of hydrogen-bond donors (Lipinski definition) is 0. The Morgan fingerprint density at radius 2 is 1.80 bits per heavy atom. The summed E-state index contributed by atoms with van der Waals surface area (Å²) in [4.78, 5) is 4.22. The Morgan fingerprint density at radius 1 is 1.20 bits per heavy atom. The molecule has 1 aromatic heterocycles. The summed E-state index contributed by atoms with van der Waals surface area (Å²) in [6, 6.07) is 0. The van der Waals surface area contributed by atoms with E-state index in [0.29, 0.717) is 0 Å². The Labute approximate surface area is 126 Å². The van der Waals surface area contributed by atoms with Crippen LogP contribution in [0.1, 0.15) is 46.1 Å². The predicted molar refractivity (Wildman–Crippen MR) is 81.4 cm³/mol. The first-order chi connectivity index (χ1) is 9.30. The third-order valence-electron chi connectivity index (χ3n) is 4.74. The van der Waals surface area contributed by atoms with E-state index < -0.39 is 0 Å². The van der Waals surface area contributed by atoms with Crippen LogP contribution in [0.4, 0.5) is 0 Å². The Bertz CT molecular complexity index is 513. The third-order valence-corrected chi connectivity index (χ3v) is 5.06. The normalized spacial score (nSPS) is 24.1. The van der Waals surface area contributed by atoms with Crippen LogP contribution in [0.25, 0.3) is 0 Å². The van der Waals surface area contributed by atoms with E-state index in [1.54, 1.807) is 6.20 Å². The lowest BCUT2D eigenvalue weighted by Gasteiger charge is -2.32. The van der Waals surface area contributed by atoms with E-state index in [1.165, 1.54) is 12.8 Å². The first-order valence-electron chi connectivity index (χ1n) is 7.28. The van der Waals surface area contributed by atoms with Gasteiger partial charge in [-0.05, 0) is 58.4 Å². The van der Waals surface area contributed by atoms with Crippen molar-refractivity contribution >= 4 is 24.2 Å². The second-order valence-corrected chi connectivity index (χ2v) is 7.33. The van der Waals surface area contributed by atoms with Gasteiger partial charge in [-0.15, -0.1) is 0 Å². The summed E-state index contributed by atoms with van der Waals surface area (Å²) in [7, 11) is -0.375. The molecule has 1 aliphatic carbocycles. The number of halogens is 1. The number of aromatic nitrogens is 1. The van der Waals surface area contributed by atoms with Crippen molar-refractivity contribution in [1.82, 2.24) is 4.98 Å². The van der Waals surface area contributed by atoms with Crippen molar-refractivity contribution < 1.29 is 9.31 Å². The standard InChI is InChI=1S/C15H21BClNO2/c1-14(2)15(3,4)20-16(19-14)12-8-18-9-13(17)11(12)7-10-5-6-10/h8-10H,5-7H2,1-4H3. The highest BCUT2D eigenvalue weighted by atomic mass is 35.5. The molecule has 20 heavy (non-hydrogen) atoms. The highest BCUT2D eigenvalue weighted by Gasteiger charge is 2.52. The molecule has 3 nitrogen and oxygen atoms in total. The molecule has 5 heteroatoms. The molecule has 2 aliphatic rings. The predicted octanol–water partition coefficient (Wildman–Crippen LogP) is 2.99. The van der Waals surface area contributed by atoms with E-state index >= 15 is 0 Å². The fourth-order valence-electron chi connectivity index (χ4n) is 2.48. The molecule has 0 unspecified atom stereocenters. The number of nitrogens with zero attached hydrogens (tertiary/aromatic N) is 1. The highest BCUT2D eigenvalue weighted by Crippen LogP contribution is 2.38. The summed E-state index contributed by atoms with van der Waals surface area (Å²) in [5.41, 5.74) is 1.46. The van der Waals surface area contributed by atoms with Gasteiger partial charge in [0.05, 0.1) is 16.2 Å². The minimum absolute atomic E-state index is 0.336. The van der Waals surface area contributed by atoms with Crippen molar-refractivity contribution in [3.05, 3.63) is 23.0 Å². The van der Waals surface area contributed by atoms with Crippen molar-refractivity contribution in [1.29, 1.82) is 0 Å². The molecule has 0 atom stereocenters. The van der Waals surface area contributed by atoms with Gasteiger partial charge in [0.25, 0.3) is 0 Å². The fraction of sp³-hybridized carbons (Fsp3) is 0.667. The van der Waals surface area contributed by atoms with Gasteiger partial charge in [-0.25, -0.2) is 0 Å². The molecule has 0 bridgehead atoms. The van der Waals surface area contributed by atoms with Gasteiger partial charge in [0.1, 0.15) is 0 Å². The average Bonchev–Trinajstić information content (AvgIpc) is 3.10. The molecule has 0 N–H and O–H groups in total. The molecule has 1 aromatic rings. The van der Waals surface area contributed by atoms with Crippen LogP contribution in [0.5, 0.6) is 0 Å². The Morgan fingerprint density at radius 3 is 2.35 bits per heavy atom. The number of rotatable bonds is 3. The van der Waals surface area contributed by atoms with Crippen molar-refractivity contribution in [3.8, 4) is 0 Å². The molecule has 1 aliphatic heterocycles. The first-order valence-corrected chi connectivity index (χ1v) is 7.66. The smallest absolute Gasteiger partial charge is 0.399 e. The van der Waals surface area contributed by atoms with Crippen LogP contribution in [0.15, 0.2) is 12.4 Å². The van der Waals surface area contributed by atoms with Gasteiger partial charge in [0, 0.05) is 17.9 Å². The van der Waals surface area contributed by atoms with E-state index in [4.69, 9.17) is 20.9 Å². The van der Waals surface area contributed by atoms with Crippen LogP contribution < -0.4 is 5.46 Å². The summed E-state index contributed by atoms with van der Waals surface area (Å²) >= 11 is 6.35. The number of pyridine rings is 1. The Balaban J connectivity index is 1.93. The topological polar surface area (TPSA) is 31.4 Å². The van der Waals surface area contributed by atoms with Crippen LogP contribution in [-0.4, -0.2) is 23.3 Å². The van der Waals surface area contributed by atoms with Gasteiger partial charge in [-0.2, -0.15) is 0 Å². The molecule has 0 radical (unpaired) electrons. The van der Waals surface area contributed by atoms with Crippen molar-refractivity contribution in [2.24, 2.45) is 5.92 Å². The lowest BCUT2D eigenvalue weighted by atomic mass is 9.76. The molecule has 0 aromatic carbocycles. The van der Waals surface area contributed by atoms with Crippen LogP contribution >= 0.6 is 11.6 Å². The zero-order chi connectivity index (χ0) is 14.5. The van der Waals surface area contributed by atoms with Crippen LogP contribution in [0.3, 0.4) is 0 Å². The summed E-state index contributed by atoms with van der Waals surface area (Å²) in [6.07, 6.45) is 7.14. The highest BCUT2D eigenvalue weighted by molar-refractivity contribution is 6.63. The average molecular weight is 294 g/mol. The second-order valence-electron chi connectivity index (χ2n) is 6.92. The molecular weight excluding hydrogens is 272 g/mol. The summed E-state index contributed by atoms with van der Waals surface area (Å²) in [5.74, 6) is 0.760. The number of hydrogen-bond acceptors (Lipinski definition) is 3. The lowest BCUT2D eigenvalue weighted by Crippen LogP contribution is -2.41. The van der Waals surface area contributed by atoms with Crippen molar-refractivity contribution in [2.75, 3.05) is 0 Å². The fourth-order valence-corrected chi connectivity index (χ4v) is 2.72. The molecule has 0 amide bonds. The maximum atomic E-state index is 6.35. The summed E-state index contributed by atoms with van der Waals surface area (Å²) < 4.78 is 12.3. The molecule has 3 rings (SSSR count). The maximum Gasteiger partial charge on any atom is 0.496 e. The van der Waals surface area contributed by atoms with Gasteiger partial charge in [0.15, 0.2) is 0 Å². The zero-order valence-corrected chi connectivity index (χ0v) is 13.3. The lowest BCUT2D eigenvalue weighted by molar-refractivity contribution is 0.00578. The Hall–Kier alpha value is -0.575. The van der Waals surface area contributed by atoms with Crippen LogP contribution in [0, 0.1) is 5.92 Å². The SMILES string of the molecule is CC1(C)OB(c2cncc(Cl)c2CC2CC2)OC1(C)C. The molecule has 2 heterocycles.